The Morgan fingerprint density at radius 3 is 2.55 bits per heavy atom. The molecule has 0 aromatic rings. The number of aliphatic carboxylic acids is 1. The van der Waals surface area contributed by atoms with Gasteiger partial charge in [0.2, 0.25) is 0 Å². The minimum absolute atomic E-state index is 0.224. The molecular weight excluding hydrogens is 164 g/mol. The third kappa shape index (κ3) is 1.67. The maximum absolute atomic E-state index is 10.8. The van der Waals surface area contributed by atoms with Crippen molar-refractivity contribution in [2.24, 2.45) is 5.92 Å². The van der Waals surface area contributed by atoms with Crippen LogP contribution in [-0.4, -0.2) is 16.0 Å². The third-order valence-corrected chi connectivity index (χ3v) is 2.85. The lowest BCUT2D eigenvalue weighted by atomic mass is 9.97. The summed E-state index contributed by atoms with van der Waals surface area (Å²) < 4.78 is 0. The largest absolute Gasteiger partial charge is 0.480 e. The van der Waals surface area contributed by atoms with E-state index in [1.165, 1.54) is 0 Å². The Morgan fingerprint density at radius 1 is 1.73 bits per heavy atom. The summed E-state index contributed by atoms with van der Waals surface area (Å²) in [5, 5.41) is 8.84. The lowest BCUT2D eigenvalue weighted by Crippen LogP contribution is -2.34. The zero-order valence-corrected chi connectivity index (χ0v) is 7.40. The zero-order valence-electron chi connectivity index (χ0n) is 6.64. The van der Waals surface area contributed by atoms with Crippen molar-refractivity contribution in [3.8, 4) is 0 Å². The maximum Gasteiger partial charge on any atom is 0.325 e. The van der Waals surface area contributed by atoms with Crippen LogP contribution in [0.3, 0.4) is 0 Å². The van der Waals surface area contributed by atoms with Crippen molar-refractivity contribution in [2.45, 2.75) is 37.5 Å². The van der Waals surface area contributed by atoms with Crippen molar-refractivity contribution in [1.29, 1.82) is 0 Å². The summed E-state index contributed by atoms with van der Waals surface area (Å²) in [6.45, 7) is 1.96. The number of carboxylic acids is 1. The number of hydrogen-bond acceptors (Lipinski definition) is 1. The van der Waals surface area contributed by atoms with Crippen LogP contribution in [0.2, 0.25) is 0 Å². The topological polar surface area (TPSA) is 37.3 Å². The molecule has 1 aliphatic rings. The molecule has 0 saturated heterocycles. The van der Waals surface area contributed by atoms with Crippen molar-refractivity contribution in [3.05, 3.63) is 0 Å². The molecule has 0 bridgehead atoms. The molecule has 0 heterocycles. The van der Waals surface area contributed by atoms with E-state index in [0.29, 0.717) is 6.42 Å². The van der Waals surface area contributed by atoms with Gasteiger partial charge in [0.25, 0.3) is 0 Å². The second-order valence-corrected chi connectivity index (χ2v) is 3.87. The van der Waals surface area contributed by atoms with Gasteiger partial charge in [0.15, 0.2) is 0 Å². The van der Waals surface area contributed by atoms with E-state index < -0.39 is 10.8 Å². The van der Waals surface area contributed by atoms with Crippen LogP contribution in [0, 0.1) is 5.92 Å². The van der Waals surface area contributed by atoms with E-state index in [1.807, 2.05) is 6.92 Å². The van der Waals surface area contributed by atoms with Gasteiger partial charge >= 0.3 is 5.97 Å². The van der Waals surface area contributed by atoms with Gasteiger partial charge in [-0.25, -0.2) is 0 Å². The molecule has 0 spiro atoms. The highest BCUT2D eigenvalue weighted by atomic mass is 35.5. The first-order chi connectivity index (χ1) is 5.11. The average molecular weight is 177 g/mol. The van der Waals surface area contributed by atoms with E-state index >= 15 is 0 Å². The Balaban J connectivity index is 2.61. The SMILES string of the molecule is CCCC(Cl)(C(=O)O)C1CC1. The standard InChI is InChI=1S/C8H13ClO2/c1-2-5-8(9,7(10)11)6-3-4-6/h6H,2-5H2,1H3,(H,10,11). The van der Waals surface area contributed by atoms with Gasteiger partial charge in [-0.2, -0.15) is 0 Å². The molecule has 3 heteroatoms. The van der Waals surface area contributed by atoms with Gasteiger partial charge in [0.1, 0.15) is 4.87 Å². The molecular formula is C8H13ClO2. The molecule has 64 valence electrons. The summed E-state index contributed by atoms with van der Waals surface area (Å²) in [6, 6.07) is 0. The van der Waals surface area contributed by atoms with Crippen LogP contribution in [0.4, 0.5) is 0 Å². The van der Waals surface area contributed by atoms with Gasteiger partial charge in [0, 0.05) is 0 Å². The first-order valence-corrected chi connectivity index (χ1v) is 4.41. The van der Waals surface area contributed by atoms with Gasteiger partial charge in [-0.05, 0) is 25.2 Å². The van der Waals surface area contributed by atoms with Crippen molar-refractivity contribution < 1.29 is 9.90 Å². The van der Waals surface area contributed by atoms with Gasteiger partial charge < -0.3 is 5.11 Å². The van der Waals surface area contributed by atoms with Crippen molar-refractivity contribution in [3.63, 3.8) is 0 Å². The lowest BCUT2D eigenvalue weighted by molar-refractivity contribution is -0.141. The minimum Gasteiger partial charge on any atom is -0.480 e. The van der Waals surface area contributed by atoms with Crippen molar-refractivity contribution in [1.82, 2.24) is 0 Å². The van der Waals surface area contributed by atoms with Gasteiger partial charge in [-0.1, -0.05) is 13.3 Å². The molecule has 0 radical (unpaired) electrons. The fourth-order valence-electron chi connectivity index (χ4n) is 1.39. The van der Waals surface area contributed by atoms with E-state index in [1.54, 1.807) is 0 Å². The van der Waals surface area contributed by atoms with Crippen LogP contribution >= 0.6 is 11.6 Å². The fourth-order valence-corrected chi connectivity index (χ4v) is 1.80. The predicted molar refractivity (Wildman–Crippen MR) is 43.9 cm³/mol. The molecule has 0 aromatic heterocycles. The normalized spacial score (nSPS) is 22.7. The molecule has 1 N–H and O–H groups in total. The molecule has 1 saturated carbocycles. The van der Waals surface area contributed by atoms with Gasteiger partial charge in [-0.15, -0.1) is 11.6 Å². The van der Waals surface area contributed by atoms with Crippen LogP contribution in [0.15, 0.2) is 0 Å². The second-order valence-electron chi connectivity index (χ2n) is 3.19. The number of rotatable bonds is 4. The number of alkyl halides is 1. The van der Waals surface area contributed by atoms with Crippen LogP contribution in [0.25, 0.3) is 0 Å². The Hall–Kier alpha value is -0.240. The van der Waals surface area contributed by atoms with E-state index in [-0.39, 0.29) is 5.92 Å². The van der Waals surface area contributed by atoms with Gasteiger partial charge in [-0.3, -0.25) is 4.79 Å². The quantitative estimate of drug-likeness (QED) is 0.668. The molecule has 1 atom stereocenters. The van der Waals surface area contributed by atoms with Crippen molar-refractivity contribution >= 4 is 17.6 Å². The van der Waals surface area contributed by atoms with Crippen molar-refractivity contribution in [2.75, 3.05) is 0 Å². The molecule has 1 aliphatic carbocycles. The van der Waals surface area contributed by atoms with E-state index in [2.05, 4.69) is 0 Å². The maximum atomic E-state index is 10.8. The summed E-state index contributed by atoms with van der Waals surface area (Å²) in [5.74, 6) is -0.620. The number of carboxylic acid groups (broad SMARTS) is 1. The lowest BCUT2D eigenvalue weighted by Gasteiger charge is -2.20. The highest BCUT2D eigenvalue weighted by molar-refractivity contribution is 6.34. The molecule has 0 aromatic carbocycles. The summed E-state index contributed by atoms with van der Waals surface area (Å²) in [5.41, 5.74) is 0. The summed E-state index contributed by atoms with van der Waals surface area (Å²) in [4.78, 5) is 9.81. The van der Waals surface area contributed by atoms with E-state index in [4.69, 9.17) is 16.7 Å². The van der Waals surface area contributed by atoms with Crippen LogP contribution in [0.1, 0.15) is 32.6 Å². The average Bonchev–Trinajstić information content (AvgIpc) is 2.68. The molecule has 2 nitrogen and oxygen atoms in total. The number of hydrogen-bond donors (Lipinski definition) is 1. The van der Waals surface area contributed by atoms with Crippen LogP contribution < -0.4 is 0 Å². The highest BCUT2D eigenvalue weighted by Gasteiger charge is 2.48. The van der Waals surface area contributed by atoms with E-state index in [0.717, 1.165) is 19.3 Å². The summed E-state index contributed by atoms with van der Waals surface area (Å²) in [7, 11) is 0. The van der Waals surface area contributed by atoms with E-state index in [9.17, 15) is 4.79 Å². The summed E-state index contributed by atoms with van der Waals surface area (Å²) in [6.07, 6.45) is 3.40. The number of carbonyl (C=O) groups is 1. The Bertz CT molecular complexity index is 165. The van der Waals surface area contributed by atoms with Crippen LogP contribution in [-0.2, 0) is 4.79 Å². The van der Waals surface area contributed by atoms with Gasteiger partial charge in [0.05, 0.1) is 0 Å². The smallest absolute Gasteiger partial charge is 0.325 e. The molecule has 0 aliphatic heterocycles. The fraction of sp³-hybridized carbons (Fsp3) is 0.875. The Labute approximate surface area is 71.5 Å². The molecule has 11 heavy (non-hydrogen) atoms. The first kappa shape index (κ1) is 8.85. The minimum atomic E-state index is -0.950. The first-order valence-electron chi connectivity index (χ1n) is 4.03. The zero-order chi connectivity index (χ0) is 8.48. The third-order valence-electron chi connectivity index (χ3n) is 2.19. The molecule has 1 rings (SSSR count). The predicted octanol–water partition coefficient (Wildman–Crippen LogP) is 2.26. The monoisotopic (exact) mass is 176 g/mol. The van der Waals surface area contributed by atoms with Crippen LogP contribution in [0.5, 0.6) is 0 Å². The molecule has 1 fully saturated rings. The highest BCUT2D eigenvalue weighted by Crippen LogP contribution is 2.46. The molecule has 0 amide bonds. The Kier molecular flexibility index (Phi) is 2.43. The summed E-state index contributed by atoms with van der Waals surface area (Å²) >= 11 is 5.97. The second kappa shape index (κ2) is 3.02. The Morgan fingerprint density at radius 2 is 2.27 bits per heavy atom. The number of halogens is 1. The molecule has 1 unspecified atom stereocenters.